The fourth-order valence-electron chi connectivity index (χ4n) is 2.93. The van der Waals surface area contributed by atoms with Crippen LogP contribution in [0.4, 0.5) is 15.9 Å². The zero-order valence-corrected chi connectivity index (χ0v) is 18.1. The first-order valence-electron chi connectivity index (χ1n) is 9.75. The van der Waals surface area contributed by atoms with E-state index >= 15 is 0 Å². The number of aromatic nitrogens is 3. The minimum absolute atomic E-state index is 0.0951. The second-order valence-corrected chi connectivity index (χ2v) is 7.84. The third-order valence-corrected chi connectivity index (χ3v) is 4.76. The van der Waals surface area contributed by atoms with Gasteiger partial charge in [0.05, 0.1) is 11.8 Å². The van der Waals surface area contributed by atoms with Gasteiger partial charge >= 0.3 is 0 Å². The zero-order chi connectivity index (χ0) is 22.5. The molecule has 0 saturated heterocycles. The first-order chi connectivity index (χ1) is 14.8. The number of benzene rings is 1. The van der Waals surface area contributed by atoms with Crippen molar-refractivity contribution in [2.24, 2.45) is 0 Å². The van der Waals surface area contributed by atoms with Crippen LogP contribution in [0.15, 0.2) is 43.0 Å². The summed E-state index contributed by atoms with van der Waals surface area (Å²) in [5.41, 5.74) is 2.36. The summed E-state index contributed by atoms with van der Waals surface area (Å²) in [4.78, 5) is 25.1. The predicted molar refractivity (Wildman–Crippen MR) is 118 cm³/mol. The van der Waals surface area contributed by atoms with Gasteiger partial charge in [0.1, 0.15) is 23.5 Å². The maximum atomic E-state index is 14.4. The van der Waals surface area contributed by atoms with Gasteiger partial charge in [-0.2, -0.15) is 0 Å². The average molecular weight is 444 g/mol. The van der Waals surface area contributed by atoms with Crippen LogP contribution in [0.1, 0.15) is 42.6 Å². The number of hydrogen-bond acceptors (Lipinski definition) is 6. The molecule has 0 unspecified atom stereocenters. The van der Waals surface area contributed by atoms with Gasteiger partial charge in [-0.1, -0.05) is 25.4 Å². The molecule has 0 aliphatic rings. The Kier molecular flexibility index (Phi) is 7.14. The normalized spacial score (nSPS) is 12.0. The van der Waals surface area contributed by atoms with E-state index in [4.69, 9.17) is 11.6 Å². The highest BCUT2D eigenvalue weighted by Gasteiger charge is 2.17. The van der Waals surface area contributed by atoms with Crippen molar-refractivity contribution in [3.8, 4) is 11.3 Å². The second kappa shape index (κ2) is 9.80. The van der Waals surface area contributed by atoms with Gasteiger partial charge in [0.2, 0.25) is 0 Å². The summed E-state index contributed by atoms with van der Waals surface area (Å²) < 4.78 is 14.4. The van der Waals surface area contributed by atoms with E-state index in [1.807, 2.05) is 13.8 Å². The standard InChI is InChI=1S/C22H23ClFN5O2/c1-12(2)16-10-26-19(15-6-14(23)4-5-18(15)24)7-20(16)29-21-17(9-25-11-28-21)22(31)27-8-13(3)30/h4-7,9-13,30H,8H2,1-3H3,(H,27,31)(H,25,26,28,29)/t13-/m0/s1. The number of halogens is 2. The number of rotatable bonds is 7. The van der Waals surface area contributed by atoms with Crippen molar-refractivity contribution in [2.75, 3.05) is 11.9 Å². The van der Waals surface area contributed by atoms with Gasteiger partial charge in [-0.05, 0) is 42.7 Å². The summed E-state index contributed by atoms with van der Waals surface area (Å²) in [6, 6.07) is 5.97. The molecule has 31 heavy (non-hydrogen) atoms. The molecule has 1 amide bonds. The van der Waals surface area contributed by atoms with Crippen LogP contribution in [0.5, 0.6) is 0 Å². The number of aliphatic hydroxyl groups is 1. The van der Waals surface area contributed by atoms with E-state index in [1.54, 1.807) is 19.2 Å². The third kappa shape index (κ3) is 5.53. The van der Waals surface area contributed by atoms with Crippen LogP contribution in [-0.2, 0) is 0 Å². The SMILES string of the molecule is CC(C)c1cnc(-c2cc(Cl)ccc2F)cc1Nc1ncncc1C(=O)NC[C@H](C)O. The monoisotopic (exact) mass is 443 g/mol. The Morgan fingerprint density at radius 2 is 1.97 bits per heavy atom. The molecular weight excluding hydrogens is 421 g/mol. The summed E-state index contributed by atoms with van der Waals surface area (Å²) in [6.45, 7) is 5.66. The average Bonchev–Trinajstić information content (AvgIpc) is 2.74. The number of nitrogens with zero attached hydrogens (tertiary/aromatic N) is 3. The van der Waals surface area contributed by atoms with Gasteiger partial charge < -0.3 is 15.7 Å². The summed E-state index contributed by atoms with van der Waals surface area (Å²) in [5.74, 6) is -0.489. The molecule has 2 aromatic heterocycles. The van der Waals surface area contributed by atoms with E-state index in [1.165, 1.54) is 30.7 Å². The molecule has 1 aromatic carbocycles. The van der Waals surface area contributed by atoms with Gasteiger partial charge in [0, 0.05) is 35.2 Å². The molecule has 162 valence electrons. The van der Waals surface area contributed by atoms with Gasteiger partial charge in [-0.15, -0.1) is 0 Å². The third-order valence-electron chi connectivity index (χ3n) is 4.53. The molecule has 0 bridgehead atoms. The number of anilines is 2. The lowest BCUT2D eigenvalue weighted by atomic mass is 10.0. The van der Waals surface area contributed by atoms with Crippen LogP contribution in [-0.4, -0.2) is 38.6 Å². The molecule has 2 heterocycles. The highest BCUT2D eigenvalue weighted by Crippen LogP contribution is 2.32. The van der Waals surface area contributed by atoms with E-state index in [0.717, 1.165) is 5.56 Å². The van der Waals surface area contributed by atoms with Gasteiger partial charge in [-0.25, -0.2) is 14.4 Å². The smallest absolute Gasteiger partial charge is 0.256 e. The molecule has 1 atom stereocenters. The summed E-state index contributed by atoms with van der Waals surface area (Å²) >= 11 is 6.04. The topological polar surface area (TPSA) is 100 Å². The quantitative estimate of drug-likeness (QED) is 0.503. The van der Waals surface area contributed by atoms with Gasteiger partial charge in [0.25, 0.3) is 5.91 Å². The van der Waals surface area contributed by atoms with Crippen molar-refractivity contribution in [3.63, 3.8) is 0 Å². The predicted octanol–water partition coefficient (Wildman–Crippen LogP) is 4.31. The molecule has 9 heteroatoms. The van der Waals surface area contributed by atoms with Crippen LogP contribution in [0, 0.1) is 5.82 Å². The lowest BCUT2D eigenvalue weighted by Gasteiger charge is -2.17. The molecule has 0 saturated carbocycles. The highest BCUT2D eigenvalue weighted by molar-refractivity contribution is 6.30. The number of carbonyl (C=O) groups is 1. The first-order valence-corrected chi connectivity index (χ1v) is 10.1. The Hall–Kier alpha value is -3.10. The largest absolute Gasteiger partial charge is 0.392 e. The number of carbonyl (C=O) groups excluding carboxylic acids is 1. The van der Waals surface area contributed by atoms with E-state index in [2.05, 4.69) is 25.6 Å². The highest BCUT2D eigenvalue weighted by atomic mass is 35.5. The van der Waals surface area contributed by atoms with Crippen LogP contribution in [0.2, 0.25) is 5.02 Å². The number of pyridine rings is 1. The van der Waals surface area contributed by atoms with Crippen LogP contribution in [0.3, 0.4) is 0 Å². The Balaban J connectivity index is 2.01. The number of amides is 1. The Bertz CT molecular complexity index is 1090. The van der Waals surface area contributed by atoms with Crippen LogP contribution < -0.4 is 10.6 Å². The fraction of sp³-hybridized carbons (Fsp3) is 0.273. The van der Waals surface area contributed by atoms with Crippen LogP contribution >= 0.6 is 11.6 Å². The minimum Gasteiger partial charge on any atom is -0.392 e. The zero-order valence-electron chi connectivity index (χ0n) is 17.4. The molecular formula is C22H23ClFN5O2. The Morgan fingerprint density at radius 1 is 1.19 bits per heavy atom. The second-order valence-electron chi connectivity index (χ2n) is 7.40. The molecule has 0 aliphatic carbocycles. The van der Waals surface area contributed by atoms with E-state index in [9.17, 15) is 14.3 Å². The molecule has 3 rings (SSSR count). The van der Waals surface area contributed by atoms with Crippen molar-refractivity contribution in [3.05, 3.63) is 65.0 Å². The molecule has 7 nitrogen and oxygen atoms in total. The summed E-state index contributed by atoms with van der Waals surface area (Å²) in [7, 11) is 0. The molecule has 3 N–H and O–H groups in total. The molecule has 3 aromatic rings. The molecule has 0 radical (unpaired) electrons. The van der Waals surface area contributed by atoms with Crippen LogP contribution in [0.25, 0.3) is 11.3 Å². The van der Waals surface area contributed by atoms with Crippen molar-refractivity contribution >= 4 is 29.0 Å². The lowest BCUT2D eigenvalue weighted by molar-refractivity contribution is 0.0924. The molecule has 0 spiro atoms. The van der Waals surface area contributed by atoms with Gasteiger partial charge in [-0.3, -0.25) is 9.78 Å². The van der Waals surface area contributed by atoms with E-state index < -0.39 is 17.8 Å². The summed E-state index contributed by atoms with van der Waals surface area (Å²) in [6.07, 6.45) is 3.69. The fourth-order valence-corrected chi connectivity index (χ4v) is 3.11. The van der Waals surface area contributed by atoms with Gasteiger partial charge in [0.15, 0.2) is 0 Å². The Morgan fingerprint density at radius 3 is 2.68 bits per heavy atom. The van der Waals surface area contributed by atoms with E-state index in [0.29, 0.717) is 16.4 Å². The molecule has 0 fully saturated rings. The van der Waals surface area contributed by atoms with Crippen molar-refractivity contribution in [1.82, 2.24) is 20.3 Å². The van der Waals surface area contributed by atoms with Crippen molar-refractivity contribution in [1.29, 1.82) is 0 Å². The Labute approximate surface area is 184 Å². The first kappa shape index (κ1) is 22.6. The van der Waals surface area contributed by atoms with Crippen molar-refractivity contribution in [2.45, 2.75) is 32.8 Å². The maximum absolute atomic E-state index is 14.4. The summed E-state index contributed by atoms with van der Waals surface area (Å²) in [5, 5.41) is 15.6. The lowest BCUT2D eigenvalue weighted by Crippen LogP contribution is -2.31. The molecule has 0 aliphatic heterocycles. The number of hydrogen-bond donors (Lipinski definition) is 3. The number of nitrogens with one attached hydrogen (secondary N) is 2. The maximum Gasteiger partial charge on any atom is 0.256 e. The van der Waals surface area contributed by atoms with E-state index in [-0.39, 0.29) is 29.4 Å². The minimum atomic E-state index is -0.687. The number of aliphatic hydroxyl groups excluding tert-OH is 1. The van der Waals surface area contributed by atoms with Crippen molar-refractivity contribution < 1.29 is 14.3 Å².